The van der Waals surface area contributed by atoms with Crippen LogP contribution in [0.2, 0.25) is 0 Å². The quantitative estimate of drug-likeness (QED) is 0.841. The first-order chi connectivity index (χ1) is 12.7. The van der Waals surface area contributed by atoms with E-state index in [2.05, 4.69) is 10.2 Å². The molecule has 1 amide bonds. The Hall–Kier alpha value is -2.96. The van der Waals surface area contributed by atoms with Crippen LogP contribution in [0.1, 0.15) is 48.1 Å². The molecule has 0 aliphatic carbocycles. The maximum Gasteiger partial charge on any atom is 0.341 e. The molecule has 0 saturated heterocycles. The third kappa shape index (κ3) is 3.49. The summed E-state index contributed by atoms with van der Waals surface area (Å²) in [5, 5.41) is 7.16. The monoisotopic (exact) mass is 371 g/mol. The van der Waals surface area contributed by atoms with Gasteiger partial charge in [0.05, 0.1) is 18.0 Å². The number of nitrogens with one attached hydrogen (secondary N) is 1. The maximum absolute atomic E-state index is 13.2. The van der Waals surface area contributed by atoms with Gasteiger partial charge in [-0.25, -0.2) is 9.18 Å². The SMILES string of the molecule is CCOC(=O)C1=CN(C(=O)c2ccc(F)cc2)CC(C)(C)c2c(C)n[nH]c21. The molecule has 2 heterocycles. The van der Waals surface area contributed by atoms with Crippen molar-refractivity contribution in [1.29, 1.82) is 0 Å². The van der Waals surface area contributed by atoms with Gasteiger partial charge in [0.2, 0.25) is 0 Å². The van der Waals surface area contributed by atoms with Crippen LogP contribution in [0.4, 0.5) is 4.39 Å². The van der Waals surface area contributed by atoms with Crippen LogP contribution < -0.4 is 0 Å². The highest BCUT2D eigenvalue weighted by atomic mass is 19.1. The number of esters is 1. The highest BCUT2D eigenvalue weighted by Gasteiger charge is 2.37. The lowest BCUT2D eigenvalue weighted by atomic mass is 9.82. The van der Waals surface area contributed by atoms with E-state index in [4.69, 9.17) is 4.74 Å². The Bertz CT molecular complexity index is 913. The number of halogens is 1. The smallest absolute Gasteiger partial charge is 0.341 e. The third-order valence-electron chi connectivity index (χ3n) is 4.59. The van der Waals surface area contributed by atoms with Crippen molar-refractivity contribution in [1.82, 2.24) is 15.1 Å². The van der Waals surface area contributed by atoms with E-state index >= 15 is 0 Å². The van der Waals surface area contributed by atoms with Crippen molar-refractivity contribution >= 4 is 17.4 Å². The van der Waals surface area contributed by atoms with Crippen molar-refractivity contribution in [2.75, 3.05) is 13.2 Å². The van der Waals surface area contributed by atoms with Crippen LogP contribution in [0, 0.1) is 12.7 Å². The Morgan fingerprint density at radius 2 is 1.96 bits per heavy atom. The zero-order valence-electron chi connectivity index (χ0n) is 15.8. The molecule has 6 nitrogen and oxygen atoms in total. The maximum atomic E-state index is 13.2. The predicted molar refractivity (Wildman–Crippen MR) is 98.4 cm³/mol. The standard InChI is InChI=1S/C20H22FN3O3/c1-5-27-19(26)15-10-24(18(25)13-6-8-14(21)9-7-13)11-20(3,4)16-12(2)22-23-17(15)16/h6-10H,5,11H2,1-4H3,(H,22,23). The van der Waals surface area contributed by atoms with Crippen LogP contribution in [-0.4, -0.2) is 40.1 Å². The number of ether oxygens (including phenoxy) is 1. The van der Waals surface area contributed by atoms with E-state index in [1.54, 1.807) is 6.92 Å². The molecule has 27 heavy (non-hydrogen) atoms. The highest BCUT2D eigenvalue weighted by Crippen LogP contribution is 2.36. The summed E-state index contributed by atoms with van der Waals surface area (Å²) in [6.45, 7) is 8.10. The molecular weight excluding hydrogens is 349 g/mol. The zero-order chi connectivity index (χ0) is 19.8. The van der Waals surface area contributed by atoms with Crippen molar-refractivity contribution in [3.8, 4) is 0 Å². The van der Waals surface area contributed by atoms with E-state index in [1.165, 1.54) is 35.4 Å². The molecule has 0 saturated carbocycles. The average molecular weight is 371 g/mol. The molecule has 0 unspecified atom stereocenters. The Balaban J connectivity index is 2.10. The molecule has 0 spiro atoms. The number of benzene rings is 1. The van der Waals surface area contributed by atoms with Gasteiger partial charge in [0, 0.05) is 29.3 Å². The molecule has 1 aromatic carbocycles. The molecule has 0 fully saturated rings. The fourth-order valence-corrected chi connectivity index (χ4v) is 3.48. The van der Waals surface area contributed by atoms with Crippen LogP contribution in [0.15, 0.2) is 30.5 Å². The molecule has 7 heteroatoms. The number of aryl methyl sites for hydroxylation is 1. The summed E-state index contributed by atoms with van der Waals surface area (Å²) in [7, 11) is 0. The van der Waals surface area contributed by atoms with Gasteiger partial charge < -0.3 is 9.64 Å². The summed E-state index contributed by atoms with van der Waals surface area (Å²) in [5.41, 5.74) is 2.32. The second-order valence-corrected chi connectivity index (χ2v) is 7.15. The molecule has 0 radical (unpaired) electrons. The third-order valence-corrected chi connectivity index (χ3v) is 4.59. The molecule has 0 atom stereocenters. The summed E-state index contributed by atoms with van der Waals surface area (Å²) in [5.74, 6) is -1.26. The van der Waals surface area contributed by atoms with E-state index in [1.807, 2.05) is 20.8 Å². The minimum Gasteiger partial charge on any atom is -0.462 e. The minimum absolute atomic E-state index is 0.216. The van der Waals surface area contributed by atoms with E-state index in [-0.39, 0.29) is 18.1 Å². The zero-order valence-corrected chi connectivity index (χ0v) is 15.8. The number of carbonyl (C=O) groups excluding carboxylic acids is 2. The lowest BCUT2D eigenvalue weighted by Gasteiger charge is -2.29. The van der Waals surface area contributed by atoms with Crippen molar-refractivity contribution in [3.05, 3.63) is 58.8 Å². The van der Waals surface area contributed by atoms with Crippen molar-refractivity contribution < 1.29 is 18.7 Å². The lowest BCUT2D eigenvalue weighted by molar-refractivity contribution is -0.136. The Kier molecular flexibility index (Phi) is 4.87. The summed E-state index contributed by atoms with van der Waals surface area (Å²) < 4.78 is 18.4. The summed E-state index contributed by atoms with van der Waals surface area (Å²) in [4.78, 5) is 27.1. The first-order valence-electron chi connectivity index (χ1n) is 8.76. The molecule has 1 aliphatic heterocycles. The first kappa shape index (κ1) is 18.8. The van der Waals surface area contributed by atoms with Crippen LogP contribution >= 0.6 is 0 Å². The van der Waals surface area contributed by atoms with E-state index in [0.29, 0.717) is 17.8 Å². The highest BCUT2D eigenvalue weighted by molar-refractivity contribution is 6.17. The average Bonchev–Trinajstić information content (AvgIpc) is 2.95. The number of carbonyl (C=O) groups is 2. The van der Waals surface area contributed by atoms with Gasteiger partial charge in [-0.15, -0.1) is 0 Å². The Morgan fingerprint density at radius 3 is 2.59 bits per heavy atom. The summed E-state index contributed by atoms with van der Waals surface area (Å²) in [6.07, 6.45) is 1.49. The number of hydrogen-bond acceptors (Lipinski definition) is 4. The number of fused-ring (bicyclic) bond motifs is 1. The molecule has 0 bridgehead atoms. The molecule has 3 rings (SSSR count). The van der Waals surface area contributed by atoms with Crippen LogP contribution in [-0.2, 0) is 14.9 Å². The molecule has 2 aromatic rings. The van der Waals surface area contributed by atoms with Crippen molar-refractivity contribution in [2.45, 2.75) is 33.1 Å². The number of H-pyrrole nitrogens is 1. The van der Waals surface area contributed by atoms with Gasteiger partial charge in [0.1, 0.15) is 11.4 Å². The fourth-order valence-electron chi connectivity index (χ4n) is 3.48. The van der Waals surface area contributed by atoms with Crippen LogP contribution in [0.25, 0.3) is 5.57 Å². The van der Waals surface area contributed by atoms with Crippen LogP contribution in [0.5, 0.6) is 0 Å². The van der Waals surface area contributed by atoms with Gasteiger partial charge in [0.25, 0.3) is 5.91 Å². The molecule has 1 aliphatic rings. The summed E-state index contributed by atoms with van der Waals surface area (Å²) >= 11 is 0. The fraction of sp³-hybridized carbons (Fsp3) is 0.350. The molecule has 1 N–H and O–H groups in total. The number of amides is 1. The lowest BCUT2D eigenvalue weighted by Crippen LogP contribution is -2.37. The number of aromatic nitrogens is 2. The first-order valence-corrected chi connectivity index (χ1v) is 8.76. The summed E-state index contributed by atoms with van der Waals surface area (Å²) in [6, 6.07) is 5.34. The van der Waals surface area contributed by atoms with E-state index in [9.17, 15) is 14.0 Å². The second-order valence-electron chi connectivity index (χ2n) is 7.15. The van der Waals surface area contributed by atoms with E-state index in [0.717, 1.165) is 11.3 Å². The van der Waals surface area contributed by atoms with Gasteiger partial charge in [-0.2, -0.15) is 5.10 Å². The molecule has 142 valence electrons. The number of aromatic amines is 1. The molecular formula is C20H22FN3O3. The topological polar surface area (TPSA) is 75.3 Å². The molecule has 1 aromatic heterocycles. The number of rotatable bonds is 3. The van der Waals surface area contributed by atoms with Gasteiger partial charge in [-0.05, 0) is 38.1 Å². The van der Waals surface area contributed by atoms with Gasteiger partial charge in [-0.1, -0.05) is 13.8 Å². The predicted octanol–water partition coefficient (Wildman–Crippen LogP) is 3.19. The largest absolute Gasteiger partial charge is 0.462 e. The number of hydrogen-bond donors (Lipinski definition) is 1. The van der Waals surface area contributed by atoms with Gasteiger partial charge in [0.15, 0.2) is 0 Å². The van der Waals surface area contributed by atoms with E-state index < -0.39 is 17.2 Å². The normalized spacial score (nSPS) is 15.6. The van der Waals surface area contributed by atoms with Gasteiger partial charge >= 0.3 is 5.97 Å². The Labute approximate surface area is 157 Å². The van der Waals surface area contributed by atoms with Gasteiger partial charge in [-0.3, -0.25) is 9.89 Å². The van der Waals surface area contributed by atoms with Crippen molar-refractivity contribution in [2.24, 2.45) is 0 Å². The van der Waals surface area contributed by atoms with Crippen molar-refractivity contribution in [3.63, 3.8) is 0 Å². The number of nitrogens with zero attached hydrogens (tertiary/aromatic N) is 2. The Morgan fingerprint density at radius 1 is 1.30 bits per heavy atom. The minimum atomic E-state index is -0.531. The van der Waals surface area contributed by atoms with Crippen LogP contribution in [0.3, 0.4) is 0 Å². The second kappa shape index (κ2) is 6.98.